The monoisotopic (exact) mass is 416 g/mol. The van der Waals surface area contributed by atoms with Gasteiger partial charge in [-0.05, 0) is 55.2 Å². The zero-order chi connectivity index (χ0) is 21.7. The van der Waals surface area contributed by atoms with Gasteiger partial charge in [-0.1, -0.05) is 0 Å². The number of piperidine rings is 1. The molecule has 1 saturated heterocycles. The summed E-state index contributed by atoms with van der Waals surface area (Å²) in [5.74, 6) is -3.39. The van der Waals surface area contributed by atoms with E-state index in [1.165, 1.54) is 0 Å². The van der Waals surface area contributed by atoms with E-state index in [1.807, 2.05) is 12.1 Å². The Bertz CT molecular complexity index is 935. The van der Waals surface area contributed by atoms with Crippen LogP contribution >= 0.6 is 0 Å². The van der Waals surface area contributed by atoms with Crippen molar-refractivity contribution in [1.82, 2.24) is 4.90 Å². The number of hydrogen-bond acceptors (Lipinski definition) is 4. The highest BCUT2D eigenvalue weighted by atomic mass is 19.2. The number of carbonyl (C=O) groups is 1. The molecule has 0 radical (unpaired) electrons. The van der Waals surface area contributed by atoms with E-state index >= 15 is 0 Å². The fraction of sp³-hybridized carbons (Fsp3) is 0.364. The quantitative estimate of drug-likeness (QED) is 0.708. The van der Waals surface area contributed by atoms with Crippen molar-refractivity contribution < 1.29 is 18.0 Å². The third kappa shape index (κ3) is 5.51. The molecule has 0 bridgehead atoms. The second kappa shape index (κ2) is 9.63. The van der Waals surface area contributed by atoms with Gasteiger partial charge in [-0.25, -0.2) is 13.2 Å². The van der Waals surface area contributed by atoms with Crippen LogP contribution in [0.5, 0.6) is 0 Å². The lowest BCUT2D eigenvalue weighted by Crippen LogP contribution is -2.44. The molecular formula is C22H23F3N4O. The van der Waals surface area contributed by atoms with E-state index in [2.05, 4.69) is 11.4 Å². The summed E-state index contributed by atoms with van der Waals surface area (Å²) in [6.45, 7) is 1.14. The molecule has 1 unspecified atom stereocenters. The van der Waals surface area contributed by atoms with Crippen LogP contribution in [0.4, 0.5) is 18.9 Å². The summed E-state index contributed by atoms with van der Waals surface area (Å²) < 4.78 is 40.1. The number of nitriles is 1. The highest BCUT2D eigenvalue weighted by Crippen LogP contribution is 2.19. The van der Waals surface area contributed by atoms with Gasteiger partial charge in [-0.15, -0.1) is 0 Å². The van der Waals surface area contributed by atoms with Crippen LogP contribution in [0, 0.1) is 28.8 Å². The molecular weight excluding hydrogens is 393 g/mol. The Balaban J connectivity index is 1.46. The minimum Gasteiger partial charge on any atom is -0.382 e. The molecule has 1 amide bonds. The van der Waals surface area contributed by atoms with Crippen LogP contribution in [0.1, 0.15) is 30.4 Å². The smallest absolute Gasteiger partial charge is 0.224 e. The molecule has 2 aromatic rings. The van der Waals surface area contributed by atoms with Crippen molar-refractivity contribution in [2.75, 3.05) is 18.4 Å². The zero-order valence-electron chi connectivity index (χ0n) is 16.4. The molecule has 3 rings (SSSR count). The minimum atomic E-state index is -1.25. The van der Waals surface area contributed by atoms with Crippen molar-refractivity contribution in [3.8, 4) is 6.07 Å². The molecule has 1 aliphatic rings. The van der Waals surface area contributed by atoms with E-state index in [0.717, 1.165) is 24.6 Å². The summed E-state index contributed by atoms with van der Waals surface area (Å²) in [5.41, 5.74) is 7.44. The Morgan fingerprint density at radius 2 is 1.77 bits per heavy atom. The van der Waals surface area contributed by atoms with Gasteiger partial charge in [0.15, 0.2) is 11.6 Å². The van der Waals surface area contributed by atoms with Crippen LogP contribution in [0.3, 0.4) is 0 Å². The Hall–Kier alpha value is -3.05. The molecule has 1 aliphatic heterocycles. The minimum absolute atomic E-state index is 0.00610. The van der Waals surface area contributed by atoms with Crippen molar-refractivity contribution in [2.24, 2.45) is 5.73 Å². The van der Waals surface area contributed by atoms with E-state index in [4.69, 9.17) is 11.0 Å². The van der Waals surface area contributed by atoms with Crippen molar-refractivity contribution >= 4 is 11.6 Å². The lowest BCUT2D eigenvalue weighted by Gasteiger charge is -2.33. The van der Waals surface area contributed by atoms with E-state index in [0.29, 0.717) is 24.7 Å². The number of anilines is 1. The fourth-order valence-corrected chi connectivity index (χ4v) is 3.58. The number of amides is 1. The van der Waals surface area contributed by atoms with Gasteiger partial charge in [-0.3, -0.25) is 4.79 Å². The summed E-state index contributed by atoms with van der Waals surface area (Å²) in [5, 5.41) is 12.2. The second-order valence-corrected chi connectivity index (χ2v) is 7.51. The van der Waals surface area contributed by atoms with Crippen molar-refractivity contribution in [3.05, 3.63) is 65.0 Å². The molecule has 30 heavy (non-hydrogen) atoms. The number of halogens is 3. The van der Waals surface area contributed by atoms with Gasteiger partial charge < -0.3 is 16.0 Å². The predicted octanol–water partition coefficient (Wildman–Crippen LogP) is 3.34. The number of nitrogens with two attached hydrogens (primary N) is 1. The standard InChI is InChI=1S/C22H23F3N4O/c23-19-12-21(25)20(24)10-15(19)9-16(27)11-22(30)29-7-5-18(6-8-29)28-17-3-1-14(13-26)2-4-17/h1-4,10,12,16,18,28H,5-9,11,27H2. The normalized spacial score (nSPS) is 15.5. The van der Waals surface area contributed by atoms with Gasteiger partial charge in [-0.2, -0.15) is 5.26 Å². The van der Waals surface area contributed by atoms with Crippen LogP contribution in [0.25, 0.3) is 0 Å². The Labute approximate surface area is 173 Å². The molecule has 0 saturated carbocycles. The van der Waals surface area contributed by atoms with Crippen LogP contribution in [-0.2, 0) is 11.2 Å². The van der Waals surface area contributed by atoms with Crippen LogP contribution in [0.15, 0.2) is 36.4 Å². The SMILES string of the molecule is N#Cc1ccc(NC2CCN(C(=O)CC(N)Cc3cc(F)c(F)cc3F)CC2)cc1. The summed E-state index contributed by atoms with van der Waals surface area (Å²) in [6, 6.07) is 10.1. The maximum Gasteiger partial charge on any atom is 0.224 e. The maximum atomic E-state index is 13.8. The van der Waals surface area contributed by atoms with Gasteiger partial charge in [0, 0.05) is 43.3 Å². The topological polar surface area (TPSA) is 82.2 Å². The molecule has 2 aromatic carbocycles. The number of nitrogens with zero attached hydrogens (tertiary/aromatic N) is 2. The van der Waals surface area contributed by atoms with Gasteiger partial charge in [0.05, 0.1) is 11.6 Å². The number of benzene rings is 2. The molecule has 1 heterocycles. The molecule has 1 atom stereocenters. The van der Waals surface area contributed by atoms with E-state index in [1.54, 1.807) is 17.0 Å². The first-order valence-corrected chi connectivity index (χ1v) is 9.79. The van der Waals surface area contributed by atoms with Crippen molar-refractivity contribution in [2.45, 2.75) is 37.8 Å². The number of hydrogen-bond donors (Lipinski definition) is 2. The maximum absolute atomic E-state index is 13.8. The molecule has 1 fully saturated rings. The number of nitrogens with one attached hydrogen (secondary N) is 1. The van der Waals surface area contributed by atoms with Crippen LogP contribution in [-0.4, -0.2) is 36.0 Å². The average molecular weight is 416 g/mol. The second-order valence-electron chi connectivity index (χ2n) is 7.51. The third-order valence-electron chi connectivity index (χ3n) is 5.24. The Kier molecular flexibility index (Phi) is 6.95. The largest absolute Gasteiger partial charge is 0.382 e. The molecule has 0 spiro atoms. The van der Waals surface area contributed by atoms with Crippen molar-refractivity contribution in [1.29, 1.82) is 5.26 Å². The summed E-state index contributed by atoms with van der Waals surface area (Å²) in [7, 11) is 0. The summed E-state index contributed by atoms with van der Waals surface area (Å²) >= 11 is 0. The predicted molar refractivity (Wildman–Crippen MR) is 107 cm³/mol. The first kappa shape index (κ1) is 21.7. The van der Waals surface area contributed by atoms with E-state index in [9.17, 15) is 18.0 Å². The summed E-state index contributed by atoms with van der Waals surface area (Å²) in [4.78, 5) is 14.2. The summed E-state index contributed by atoms with van der Waals surface area (Å²) in [6.07, 6.45) is 1.48. The number of rotatable bonds is 6. The Morgan fingerprint density at radius 1 is 1.13 bits per heavy atom. The molecule has 5 nitrogen and oxygen atoms in total. The van der Waals surface area contributed by atoms with E-state index < -0.39 is 23.5 Å². The molecule has 158 valence electrons. The molecule has 8 heteroatoms. The first-order valence-electron chi connectivity index (χ1n) is 9.79. The lowest BCUT2D eigenvalue weighted by atomic mass is 10.0. The lowest BCUT2D eigenvalue weighted by molar-refractivity contribution is -0.132. The number of carbonyl (C=O) groups excluding carboxylic acids is 1. The van der Waals surface area contributed by atoms with Gasteiger partial charge in [0.2, 0.25) is 5.91 Å². The third-order valence-corrected chi connectivity index (χ3v) is 5.24. The van der Waals surface area contributed by atoms with Crippen LogP contribution < -0.4 is 11.1 Å². The molecule has 3 N–H and O–H groups in total. The number of likely N-dealkylation sites (tertiary alicyclic amines) is 1. The zero-order valence-corrected chi connectivity index (χ0v) is 16.4. The van der Waals surface area contributed by atoms with Gasteiger partial charge in [0.1, 0.15) is 5.82 Å². The highest BCUT2D eigenvalue weighted by molar-refractivity contribution is 5.77. The Morgan fingerprint density at radius 3 is 2.40 bits per heavy atom. The van der Waals surface area contributed by atoms with Gasteiger partial charge in [0.25, 0.3) is 0 Å². The van der Waals surface area contributed by atoms with E-state index in [-0.39, 0.29) is 30.4 Å². The first-order chi connectivity index (χ1) is 14.4. The molecule has 0 aromatic heterocycles. The average Bonchev–Trinajstić information content (AvgIpc) is 2.73. The fourth-order valence-electron chi connectivity index (χ4n) is 3.58. The van der Waals surface area contributed by atoms with Gasteiger partial charge >= 0.3 is 0 Å². The van der Waals surface area contributed by atoms with Crippen LogP contribution in [0.2, 0.25) is 0 Å². The van der Waals surface area contributed by atoms with Crippen molar-refractivity contribution in [3.63, 3.8) is 0 Å². The molecule has 0 aliphatic carbocycles. The highest BCUT2D eigenvalue weighted by Gasteiger charge is 2.24.